The number of hydrogen-bond donors (Lipinski definition) is 1. The van der Waals surface area contributed by atoms with E-state index in [-0.39, 0.29) is 0 Å². The fraction of sp³-hybridized carbons (Fsp3) is 0.750. The quantitative estimate of drug-likeness (QED) is 0.804. The molecule has 0 radical (unpaired) electrons. The van der Waals surface area contributed by atoms with E-state index in [4.69, 9.17) is 0 Å². The summed E-state index contributed by atoms with van der Waals surface area (Å²) in [5.74, 6) is 0. The first-order valence-electron chi connectivity index (χ1n) is 5.79. The summed E-state index contributed by atoms with van der Waals surface area (Å²) >= 11 is 1.81. The summed E-state index contributed by atoms with van der Waals surface area (Å²) in [6.07, 6.45) is 3.87. The average Bonchev–Trinajstić information content (AvgIpc) is 2.51. The summed E-state index contributed by atoms with van der Waals surface area (Å²) in [5, 5.41) is 4.73. The van der Waals surface area contributed by atoms with Gasteiger partial charge in [0.2, 0.25) is 0 Å². The largest absolute Gasteiger partial charge is 0.309 e. The van der Waals surface area contributed by atoms with Crippen LogP contribution in [0.15, 0.2) is 0 Å². The van der Waals surface area contributed by atoms with Crippen LogP contribution in [0.3, 0.4) is 0 Å². The fourth-order valence-electron chi connectivity index (χ4n) is 1.62. The van der Waals surface area contributed by atoms with Gasteiger partial charge in [-0.2, -0.15) is 0 Å². The van der Waals surface area contributed by atoms with Crippen LogP contribution in [-0.4, -0.2) is 11.0 Å². The van der Waals surface area contributed by atoms with Crippen molar-refractivity contribution in [3.05, 3.63) is 15.6 Å². The second kappa shape index (κ2) is 6.23. The minimum Gasteiger partial charge on any atom is -0.309 e. The molecule has 0 bridgehead atoms. The Hall–Kier alpha value is -0.410. The van der Waals surface area contributed by atoms with Gasteiger partial charge in [0.05, 0.1) is 10.7 Å². The highest BCUT2D eigenvalue weighted by molar-refractivity contribution is 7.11. The van der Waals surface area contributed by atoms with E-state index in [2.05, 4.69) is 38.0 Å². The molecular weight excluding hydrogens is 204 g/mol. The van der Waals surface area contributed by atoms with Crippen LogP contribution in [0.5, 0.6) is 0 Å². The number of hydrogen-bond acceptors (Lipinski definition) is 3. The van der Waals surface area contributed by atoms with Crippen LogP contribution in [0.2, 0.25) is 0 Å². The van der Waals surface area contributed by atoms with Crippen molar-refractivity contribution >= 4 is 11.3 Å². The van der Waals surface area contributed by atoms with E-state index in [0.717, 1.165) is 6.54 Å². The van der Waals surface area contributed by atoms with E-state index in [1.807, 2.05) is 0 Å². The van der Waals surface area contributed by atoms with Gasteiger partial charge in [0.15, 0.2) is 0 Å². The lowest BCUT2D eigenvalue weighted by molar-refractivity contribution is 0.496. The zero-order valence-corrected chi connectivity index (χ0v) is 11.1. The highest BCUT2D eigenvalue weighted by Gasteiger charge is 2.06. The molecule has 1 aromatic heterocycles. The van der Waals surface area contributed by atoms with Crippen LogP contribution in [-0.2, 0) is 6.54 Å². The highest BCUT2D eigenvalue weighted by Crippen LogP contribution is 2.17. The maximum Gasteiger partial charge on any atom is 0.0900 e. The van der Waals surface area contributed by atoms with Gasteiger partial charge in [0.25, 0.3) is 0 Å². The van der Waals surface area contributed by atoms with Gasteiger partial charge in [-0.15, -0.1) is 11.3 Å². The third kappa shape index (κ3) is 4.31. The van der Waals surface area contributed by atoms with Crippen LogP contribution in [0.4, 0.5) is 0 Å². The lowest BCUT2D eigenvalue weighted by atomic mass is 10.1. The molecule has 1 aromatic rings. The standard InChI is InChI=1S/C12H22N2S/c1-5-6-7-9(2)13-8-12-10(3)14-11(4)15-12/h9,13H,5-8H2,1-4H3. The third-order valence-electron chi connectivity index (χ3n) is 2.60. The number of thiazole rings is 1. The van der Waals surface area contributed by atoms with Crippen LogP contribution in [0.25, 0.3) is 0 Å². The molecule has 0 saturated heterocycles. The van der Waals surface area contributed by atoms with E-state index in [9.17, 15) is 0 Å². The fourth-order valence-corrected chi connectivity index (χ4v) is 2.50. The molecule has 1 rings (SSSR count). The summed E-state index contributed by atoms with van der Waals surface area (Å²) in [6.45, 7) is 9.64. The Morgan fingerprint density at radius 1 is 1.40 bits per heavy atom. The van der Waals surface area contributed by atoms with E-state index in [1.54, 1.807) is 11.3 Å². The van der Waals surface area contributed by atoms with Gasteiger partial charge < -0.3 is 5.32 Å². The lowest BCUT2D eigenvalue weighted by Crippen LogP contribution is -2.25. The summed E-state index contributed by atoms with van der Waals surface area (Å²) in [4.78, 5) is 5.81. The molecule has 0 amide bonds. The Balaban J connectivity index is 2.33. The highest BCUT2D eigenvalue weighted by atomic mass is 32.1. The Morgan fingerprint density at radius 3 is 2.67 bits per heavy atom. The second-order valence-corrected chi connectivity index (χ2v) is 5.45. The minimum atomic E-state index is 0.617. The Morgan fingerprint density at radius 2 is 2.13 bits per heavy atom. The van der Waals surface area contributed by atoms with Gasteiger partial charge in [-0.1, -0.05) is 19.8 Å². The molecule has 0 spiro atoms. The van der Waals surface area contributed by atoms with Crippen molar-refractivity contribution in [1.29, 1.82) is 0 Å². The molecule has 1 atom stereocenters. The van der Waals surface area contributed by atoms with Crippen molar-refractivity contribution in [2.45, 2.75) is 59.5 Å². The zero-order chi connectivity index (χ0) is 11.3. The molecule has 1 N–H and O–H groups in total. The molecule has 1 unspecified atom stereocenters. The van der Waals surface area contributed by atoms with Crippen LogP contribution in [0, 0.1) is 13.8 Å². The summed E-state index contributed by atoms with van der Waals surface area (Å²) < 4.78 is 0. The van der Waals surface area contributed by atoms with Crippen molar-refractivity contribution in [2.24, 2.45) is 0 Å². The van der Waals surface area contributed by atoms with Gasteiger partial charge in [0, 0.05) is 17.5 Å². The van der Waals surface area contributed by atoms with Crippen molar-refractivity contribution in [3.63, 3.8) is 0 Å². The van der Waals surface area contributed by atoms with Crippen molar-refractivity contribution in [2.75, 3.05) is 0 Å². The first-order valence-corrected chi connectivity index (χ1v) is 6.61. The third-order valence-corrected chi connectivity index (χ3v) is 3.67. The number of nitrogens with one attached hydrogen (secondary N) is 1. The normalized spacial score (nSPS) is 13.1. The van der Waals surface area contributed by atoms with Gasteiger partial charge >= 0.3 is 0 Å². The molecule has 15 heavy (non-hydrogen) atoms. The SMILES string of the molecule is CCCCC(C)NCc1sc(C)nc1C. The number of rotatable bonds is 6. The van der Waals surface area contributed by atoms with E-state index in [1.165, 1.54) is 34.8 Å². The average molecular weight is 226 g/mol. The van der Waals surface area contributed by atoms with Crippen LogP contribution in [0.1, 0.15) is 48.7 Å². The first kappa shape index (κ1) is 12.7. The Labute approximate surface area is 97.1 Å². The zero-order valence-electron chi connectivity index (χ0n) is 10.3. The Kier molecular flexibility index (Phi) is 5.26. The minimum absolute atomic E-state index is 0.617. The molecule has 3 heteroatoms. The van der Waals surface area contributed by atoms with Crippen molar-refractivity contribution in [1.82, 2.24) is 10.3 Å². The molecule has 0 saturated carbocycles. The molecule has 0 aliphatic carbocycles. The maximum atomic E-state index is 4.43. The first-order chi connectivity index (χ1) is 7.13. The molecule has 0 aliphatic heterocycles. The topological polar surface area (TPSA) is 24.9 Å². The van der Waals surface area contributed by atoms with Gasteiger partial charge in [-0.3, -0.25) is 0 Å². The molecule has 2 nitrogen and oxygen atoms in total. The van der Waals surface area contributed by atoms with E-state index in [0.29, 0.717) is 6.04 Å². The lowest BCUT2D eigenvalue weighted by Gasteiger charge is -2.12. The summed E-state index contributed by atoms with van der Waals surface area (Å²) in [5.41, 5.74) is 1.19. The predicted octanol–water partition coefficient (Wildman–Crippen LogP) is 3.43. The van der Waals surface area contributed by atoms with Crippen molar-refractivity contribution < 1.29 is 0 Å². The molecule has 0 aromatic carbocycles. The maximum absolute atomic E-state index is 4.43. The summed E-state index contributed by atoms with van der Waals surface area (Å²) in [7, 11) is 0. The predicted molar refractivity (Wildman–Crippen MR) is 67.4 cm³/mol. The number of aryl methyl sites for hydroxylation is 2. The summed E-state index contributed by atoms with van der Waals surface area (Å²) in [6, 6.07) is 0.617. The smallest absolute Gasteiger partial charge is 0.0900 e. The molecule has 0 aliphatic rings. The second-order valence-electron chi connectivity index (χ2n) is 4.17. The molecule has 0 fully saturated rings. The molecule has 86 valence electrons. The van der Waals surface area contributed by atoms with Crippen LogP contribution >= 0.6 is 11.3 Å². The number of unbranched alkanes of at least 4 members (excludes halogenated alkanes) is 1. The molecule has 1 heterocycles. The van der Waals surface area contributed by atoms with Gasteiger partial charge in [0.1, 0.15) is 0 Å². The molecular formula is C12H22N2S. The van der Waals surface area contributed by atoms with E-state index < -0.39 is 0 Å². The Bertz CT molecular complexity index is 294. The van der Waals surface area contributed by atoms with Gasteiger partial charge in [-0.25, -0.2) is 4.98 Å². The van der Waals surface area contributed by atoms with E-state index >= 15 is 0 Å². The van der Waals surface area contributed by atoms with Crippen molar-refractivity contribution in [3.8, 4) is 0 Å². The number of aromatic nitrogens is 1. The monoisotopic (exact) mass is 226 g/mol. The number of nitrogens with zero attached hydrogens (tertiary/aromatic N) is 1. The van der Waals surface area contributed by atoms with Gasteiger partial charge in [-0.05, 0) is 27.2 Å². The van der Waals surface area contributed by atoms with Crippen LogP contribution < -0.4 is 5.32 Å².